The second-order valence-electron chi connectivity index (χ2n) is 5.74. The van der Waals surface area contributed by atoms with Crippen molar-refractivity contribution in [1.82, 2.24) is 0 Å². The lowest BCUT2D eigenvalue weighted by Gasteiger charge is -2.24. The minimum atomic E-state index is -0.942. The molecule has 4 atom stereocenters. The van der Waals surface area contributed by atoms with Gasteiger partial charge in [0.2, 0.25) is 5.91 Å². The van der Waals surface area contributed by atoms with Gasteiger partial charge in [-0.1, -0.05) is 18.2 Å². The van der Waals surface area contributed by atoms with Gasteiger partial charge >= 0.3 is 5.97 Å². The molecule has 21 heavy (non-hydrogen) atoms. The lowest BCUT2D eigenvalue weighted by molar-refractivity contribution is -0.146. The van der Waals surface area contributed by atoms with Gasteiger partial charge in [-0.15, -0.1) is 0 Å². The topological polar surface area (TPSA) is 66.4 Å². The third-order valence-corrected chi connectivity index (χ3v) is 4.57. The first-order valence-corrected chi connectivity index (χ1v) is 6.96. The van der Waals surface area contributed by atoms with Crippen LogP contribution in [0.4, 0.5) is 10.1 Å². The molecular formula is C16H16FNO3. The summed E-state index contributed by atoms with van der Waals surface area (Å²) in [4.78, 5) is 23.9. The van der Waals surface area contributed by atoms with Crippen molar-refractivity contribution in [2.24, 2.45) is 23.7 Å². The summed E-state index contributed by atoms with van der Waals surface area (Å²) in [6.07, 6.45) is 4.52. The van der Waals surface area contributed by atoms with E-state index in [1.54, 1.807) is 13.0 Å². The van der Waals surface area contributed by atoms with Gasteiger partial charge in [0.25, 0.3) is 0 Å². The van der Waals surface area contributed by atoms with Gasteiger partial charge in [-0.3, -0.25) is 9.59 Å². The van der Waals surface area contributed by atoms with Crippen LogP contribution in [0.2, 0.25) is 0 Å². The van der Waals surface area contributed by atoms with Crippen molar-refractivity contribution in [3.05, 3.63) is 41.7 Å². The van der Waals surface area contributed by atoms with Gasteiger partial charge in [-0.05, 0) is 37.3 Å². The van der Waals surface area contributed by atoms with E-state index in [-0.39, 0.29) is 17.7 Å². The van der Waals surface area contributed by atoms with Crippen LogP contribution in [0.1, 0.15) is 12.0 Å². The van der Waals surface area contributed by atoms with E-state index in [9.17, 15) is 19.1 Å². The summed E-state index contributed by atoms with van der Waals surface area (Å²) in [5, 5.41) is 12.0. The molecule has 1 aromatic rings. The number of anilines is 1. The molecular weight excluding hydrogens is 273 g/mol. The minimum Gasteiger partial charge on any atom is -0.481 e. The van der Waals surface area contributed by atoms with E-state index >= 15 is 0 Å². The fourth-order valence-corrected chi connectivity index (χ4v) is 3.48. The zero-order valence-corrected chi connectivity index (χ0v) is 11.5. The van der Waals surface area contributed by atoms with Gasteiger partial charge in [0.1, 0.15) is 5.82 Å². The van der Waals surface area contributed by atoms with Gasteiger partial charge in [0.05, 0.1) is 11.8 Å². The molecule has 1 fully saturated rings. The second-order valence-corrected chi connectivity index (χ2v) is 5.74. The Morgan fingerprint density at radius 3 is 2.57 bits per heavy atom. The van der Waals surface area contributed by atoms with E-state index in [1.807, 2.05) is 12.2 Å². The molecule has 1 aromatic carbocycles. The van der Waals surface area contributed by atoms with Gasteiger partial charge in [-0.2, -0.15) is 0 Å². The molecule has 110 valence electrons. The lowest BCUT2D eigenvalue weighted by atomic mass is 9.82. The van der Waals surface area contributed by atoms with Crippen LogP contribution < -0.4 is 5.32 Å². The lowest BCUT2D eigenvalue weighted by Crippen LogP contribution is -2.36. The molecule has 2 N–H and O–H groups in total. The smallest absolute Gasteiger partial charge is 0.307 e. The largest absolute Gasteiger partial charge is 0.481 e. The Bertz CT molecular complexity index is 640. The number of carbonyl (C=O) groups excluding carboxylic acids is 1. The Balaban J connectivity index is 1.84. The predicted octanol–water partition coefficient (Wildman–Crippen LogP) is 2.60. The van der Waals surface area contributed by atoms with Crippen molar-refractivity contribution < 1.29 is 19.1 Å². The van der Waals surface area contributed by atoms with Crippen molar-refractivity contribution in [2.45, 2.75) is 13.3 Å². The van der Waals surface area contributed by atoms with Crippen LogP contribution in [0, 0.1) is 36.4 Å². The number of carboxylic acid groups (broad SMARTS) is 1. The van der Waals surface area contributed by atoms with E-state index in [1.165, 1.54) is 12.1 Å². The molecule has 2 aliphatic rings. The van der Waals surface area contributed by atoms with Gasteiger partial charge in [0.15, 0.2) is 0 Å². The highest BCUT2D eigenvalue weighted by Gasteiger charge is 2.51. The van der Waals surface area contributed by atoms with E-state index in [2.05, 4.69) is 5.32 Å². The standard InChI is InChI=1S/C16H16FNO3/c1-8-11(17)3-2-4-12(8)18-15(19)13-9-5-6-10(7-9)14(13)16(20)21/h2-6,9-10,13-14H,7H2,1H3,(H,18,19)(H,20,21)/t9?,10?,13-,14+/m0/s1. The molecule has 2 unspecified atom stereocenters. The Morgan fingerprint density at radius 2 is 1.90 bits per heavy atom. The third kappa shape index (κ3) is 2.22. The van der Waals surface area contributed by atoms with Crippen LogP contribution in [0.3, 0.4) is 0 Å². The molecule has 0 aliphatic heterocycles. The number of amides is 1. The Morgan fingerprint density at radius 1 is 1.24 bits per heavy atom. The van der Waals surface area contributed by atoms with Gasteiger partial charge in [-0.25, -0.2) is 4.39 Å². The number of benzene rings is 1. The average molecular weight is 289 g/mol. The molecule has 1 saturated carbocycles. The normalized spacial score (nSPS) is 29.6. The number of fused-ring (bicyclic) bond motifs is 2. The predicted molar refractivity (Wildman–Crippen MR) is 75.1 cm³/mol. The van der Waals surface area contributed by atoms with Crippen LogP contribution in [0.15, 0.2) is 30.4 Å². The van der Waals surface area contributed by atoms with Gasteiger partial charge < -0.3 is 10.4 Å². The van der Waals surface area contributed by atoms with Crippen molar-refractivity contribution in [1.29, 1.82) is 0 Å². The molecule has 1 amide bonds. The van der Waals surface area contributed by atoms with Crippen LogP contribution in [-0.2, 0) is 9.59 Å². The maximum absolute atomic E-state index is 13.5. The van der Waals surface area contributed by atoms with E-state index in [0.29, 0.717) is 17.7 Å². The van der Waals surface area contributed by atoms with Crippen molar-refractivity contribution in [3.63, 3.8) is 0 Å². The number of carbonyl (C=O) groups is 2. The Hall–Kier alpha value is -2.17. The number of hydrogen-bond donors (Lipinski definition) is 2. The summed E-state index contributed by atoms with van der Waals surface area (Å²) in [5.74, 6) is -3.05. The SMILES string of the molecule is Cc1c(F)cccc1NC(=O)[C@H]1C2C=CC(C2)[C@H]1C(=O)O. The summed E-state index contributed by atoms with van der Waals surface area (Å²) < 4.78 is 13.5. The van der Waals surface area contributed by atoms with Crippen molar-refractivity contribution >= 4 is 17.6 Å². The van der Waals surface area contributed by atoms with E-state index in [4.69, 9.17) is 0 Å². The second kappa shape index (κ2) is 4.98. The van der Waals surface area contributed by atoms with Crippen LogP contribution in [0.25, 0.3) is 0 Å². The number of hydrogen-bond acceptors (Lipinski definition) is 2. The number of carboxylic acids is 1. The number of nitrogens with one attached hydrogen (secondary N) is 1. The molecule has 0 heterocycles. The average Bonchev–Trinajstić information content (AvgIpc) is 3.04. The van der Waals surface area contributed by atoms with E-state index in [0.717, 1.165) is 0 Å². The first-order valence-electron chi connectivity index (χ1n) is 6.96. The number of aliphatic carboxylic acids is 1. The summed E-state index contributed by atoms with van der Waals surface area (Å²) in [6, 6.07) is 4.47. The fraction of sp³-hybridized carbons (Fsp3) is 0.375. The number of rotatable bonds is 3. The Labute approximate surface area is 121 Å². The highest BCUT2D eigenvalue weighted by atomic mass is 19.1. The molecule has 2 aliphatic carbocycles. The first kappa shape index (κ1) is 13.8. The van der Waals surface area contributed by atoms with Crippen LogP contribution in [-0.4, -0.2) is 17.0 Å². The number of halogens is 1. The van der Waals surface area contributed by atoms with Crippen LogP contribution >= 0.6 is 0 Å². The molecule has 0 aromatic heterocycles. The molecule has 0 spiro atoms. The minimum absolute atomic E-state index is 0.0371. The number of allylic oxidation sites excluding steroid dienone is 2. The van der Waals surface area contributed by atoms with E-state index < -0.39 is 23.6 Å². The van der Waals surface area contributed by atoms with Crippen molar-refractivity contribution in [2.75, 3.05) is 5.32 Å². The molecule has 0 radical (unpaired) electrons. The zero-order valence-electron chi connectivity index (χ0n) is 11.5. The molecule has 5 heteroatoms. The summed E-state index contributed by atoms with van der Waals surface area (Å²) in [5.41, 5.74) is 0.757. The van der Waals surface area contributed by atoms with Gasteiger partial charge in [0, 0.05) is 11.3 Å². The molecule has 4 nitrogen and oxygen atoms in total. The molecule has 0 saturated heterocycles. The van der Waals surface area contributed by atoms with Crippen LogP contribution in [0.5, 0.6) is 0 Å². The monoisotopic (exact) mass is 289 g/mol. The first-order chi connectivity index (χ1) is 9.99. The van der Waals surface area contributed by atoms with Crippen molar-refractivity contribution in [3.8, 4) is 0 Å². The molecule has 2 bridgehead atoms. The Kier molecular flexibility index (Phi) is 3.27. The molecule has 3 rings (SSSR count). The maximum atomic E-state index is 13.5. The summed E-state index contributed by atoms with van der Waals surface area (Å²) in [6.45, 7) is 1.58. The summed E-state index contributed by atoms with van der Waals surface area (Å²) in [7, 11) is 0. The zero-order chi connectivity index (χ0) is 15.1. The quantitative estimate of drug-likeness (QED) is 0.841. The highest BCUT2D eigenvalue weighted by Crippen LogP contribution is 2.48. The highest BCUT2D eigenvalue weighted by molar-refractivity contribution is 5.96. The fourth-order valence-electron chi connectivity index (χ4n) is 3.48. The maximum Gasteiger partial charge on any atom is 0.307 e. The summed E-state index contributed by atoms with van der Waals surface area (Å²) >= 11 is 0. The third-order valence-electron chi connectivity index (χ3n) is 4.57.